The van der Waals surface area contributed by atoms with E-state index < -0.39 is 0 Å². The van der Waals surface area contributed by atoms with Crippen LogP contribution in [0.25, 0.3) is 6.08 Å². The first-order valence-electron chi connectivity index (χ1n) is 8.66. The molecular weight excluding hydrogens is 376 g/mol. The molecule has 28 heavy (non-hydrogen) atoms. The van der Waals surface area contributed by atoms with E-state index in [1.807, 2.05) is 48.5 Å². The van der Waals surface area contributed by atoms with Crippen LogP contribution >= 0.6 is 11.6 Å². The van der Waals surface area contributed by atoms with E-state index in [4.69, 9.17) is 16.3 Å². The summed E-state index contributed by atoms with van der Waals surface area (Å²) in [6.07, 6.45) is 4.03. The van der Waals surface area contributed by atoms with Gasteiger partial charge in [-0.3, -0.25) is 4.79 Å². The molecule has 0 aliphatic heterocycles. The minimum atomic E-state index is -0.375. The zero-order valence-corrected chi connectivity index (χ0v) is 15.8. The molecule has 1 aromatic heterocycles. The Morgan fingerprint density at radius 1 is 1.18 bits per heavy atom. The predicted octanol–water partition coefficient (Wildman–Crippen LogP) is 4.21. The van der Waals surface area contributed by atoms with Crippen LogP contribution in [0.4, 0.5) is 11.6 Å². The fourth-order valence-corrected chi connectivity index (χ4v) is 3.16. The molecule has 2 N–H and O–H groups in total. The van der Waals surface area contributed by atoms with Gasteiger partial charge in [0.05, 0.1) is 18.3 Å². The Bertz CT molecular complexity index is 1080. The molecule has 0 bridgehead atoms. The Labute approximate surface area is 167 Å². The number of carbonyl (C=O) groups is 1. The number of benzene rings is 2. The maximum Gasteiger partial charge on any atom is 0.275 e. The largest absolute Gasteiger partial charge is 0.497 e. The molecule has 7 heteroatoms. The number of aromatic nitrogens is 2. The molecule has 0 saturated heterocycles. The van der Waals surface area contributed by atoms with Gasteiger partial charge in [0.25, 0.3) is 5.91 Å². The van der Waals surface area contributed by atoms with E-state index in [9.17, 15) is 4.79 Å². The van der Waals surface area contributed by atoms with E-state index in [2.05, 4.69) is 20.6 Å². The highest BCUT2D eigenvalue weighted by molar-refractivity contribution is 6.33. The SMILES string of the molecule is COc1cccc(Nc2ncc(Cl)c(C(=O)NC3=Cc4ccccc4C3)n2)c1. The van der Waals surface area contributed by atoms with Gasteiger partial charge in [0, 0.05) is 23.9 Å². The van der Waals surface area contributed by atoms with E-state index >= 15 is 0 Å². The number of amides is 1. The van der Waals surface area contributed by atoms with Crippen LogP contribution in [0.5, 0.6) is 5.75 Å². The molecule has 4 rings (SSSR count). The number of nitrogens with one attached hydrogen (secondary N) is 2. The maximum atomic E-state index is 12.7. The molecule has 0 radical (unpaired) electrons. The fourth-order valence-electron chi connectivity index (χ4n) is 2.98. The molecule has 0 atom stereocenters. The van der Waals surface area contributed by atoms with Crippen molar-refractivity contribution in [3.63, 3.8) is 0 Å². The van der Waals surface area contributed by atoms with E-state index in [0.29, 0.717) is 12.2 Å². The normalized spacial score (nSPS) is 12.1. The number of methoxy groups -OCH3 is 1. The van der Waals surface area contributed by atoms with Gasteiger partial charge in [-0.15, -0.1) is 0 Å². The van der Waals surface area contributed by atoms with E-state index in [1.54, 1.807) is 13.2 Å². The van der Waals surface area contributed by atoms with Gasteiger partial charge in [-0.25, -0.2) is 9.97 Å². The smallest absolute Gasteiger partial charge is 0.275 e. The number of ether oxygens (including phenoxy) is 1. The minimum absolute atomic E-state index is 0.110. The zero-order chi connectivity index (χ0) is 19.5. The minimum Gasteiger partial charge on any atom is -0.497 e. The second kappa shape index (κ2) is 7.70. The van der Waals surface area contributed by atoms with Crippen LogP contribution in [0, 0.1) is 0 Å². The first kappa shape index (κ1) is 18.0. The van der Waals surface area contributed by atoms with Crippen molar-refractivity contribution in [1.82, 2.24) is 15.3 Å². The number of halogens is 1. The summed E-state index contributed by atoms with van der Waals surface area (Å²) in [5.74, 6) is 0.594. The van der Waals surface area contributed by atoms with Gasteiger partial charge in [-0.2, -0.15) is 0 Å². The molecular formula is C21H17ClN4O2. The summed E-state index contributed by atoms with van der Waals surface area (Å²) in [6.45, 7) is 0. The molecule has 0 unspecified atom stereocenters. The van der Waals surface area contributed by atoms with Crippen molar-refractivity contribution in [2.45, 2.75) is 6.42 Å². The third-order valence-corrected chi connectivity index (χ3v) is 4.60. The van der Waals surface area contributed by atoms with E-state index in [-0.39, 0.29) is 22.6 Å². The summed E-state index contributed by atoms with van der Waals surface area (Å²) >= 11 is 6.16. The molecule has 0 spiro atoms. The third kappa shape index (κ3) is 3.82. The number of hydrogen-bond acceptors (Lipinski definition) is 5. The summed E-state index contributed by atoms with van der Waals surface area (Å²) in [7, 11) is 1.59. The first-order chi connectivity index (χ1) is 13.6. The Balaban J connectivity index is 1.51. The average molecular weight is 393 g/mol. The average Bonchev–Trinajstić information content (AvgIpc) is 3.11. The summed E-state index contributed by atoms with van der Waals surface area (Å²) in [5, 5.41) is 6.13. The van der Waals surface area contributed by atoms with Crippen molar-refractivity contribution in [3.05, 3.63) is 82.3 Å². The Hall–Kier alpha value is -3.38. The molecule has 1 amide bonds. The predicted molar refractivity (Wildman–Crippen MR) is 109 cm³/mol. The number of rotatable bonds is 5. The highest BCUT2D eigenvalue weighted by Gasteiger charge is 2.19. The molecule has 3 aromatic rings. The van der Waals surface area contributed by atoms with Crippen LogP contribution in [0.3, 0.4) is 0 Å². The molecule has 140 valence electrons. The standard InChI is InChI=1S/C21H17ClN4O2/c1-28-17-8-4-7-15(11-17)25-21-23-12-18(22)19(26-21)20(27)24-16-9-13-5-2-3-6-14(13)10-16/h2-9,11-12H,10H2,1H3,(H,24,27)(H,23,25,26). The van der Waals surface area contributed by atoms with Crippen molar-refractivity contribution in [3.8, 4) is 5.75 Å². The monoisotopic (exact) mass is 392 g/mol. The summed E-state index contributed by atoms with van der Waals surface area (Å²) in [4.78, 5) is 21.1. The third-order valence-electron chi connectivity index (χ3n) is 4.32. The lowest BCUT2D eigenvalue weighted by atomic mass is 10.1. The van der Waals surface area contributed by atoms with Crippen LogP contribution in [-0.2, 0) is 6.42 Å². The van der Waals surface area contributed by atoms with Crippen molar-refractivity contribution >= 4 is 35.2 Å². The number of hydrogen-bond donors (Lipinski definition) is 2. The number of allylic oxidation sites excluding steroid dienone is 1. The van der Waals surface area contributed by atoms with Gasteiger partial charge in [-0.1, -0.05) is 41.9 Å². The highest BCUT2D eigenvalue weighted by Crippen LogP contribution is 2.24. The van der Waals surface area contributed by atoms with Gasteiger partial charge in [-0.05, 0) is 29.3 Å². The summed E-state index contributed by atoms with van der Waals surface area (Å²) < 4.78 is 5.20. The number of anilines is 2. The number of fused-ring (bicyclic) bond motifs is 1. The van der Waals surface area contributed by atoms with E-state index in [0.717, 1.165) is 16.9 Å². The maximum absolute atomic E-state index is 12.7. The van der Waals surface area contributed by atoms with Crippen molar-refractivity contribution in [2.75, 3.05) is 12.4 Å². The Morgan fingerprint density at radius 2 is 2.04 bits per heavy atom. The van der Waals surface area contributed by atoms with Crippen molar-refractivity contribution in [1.29, 1.82) is 0 Å². The quantitative estimate of drug-likeness (QED) is 0.680. The summed E-state index contributed by atoms with van der Waals surface area (Å²) in [6, 6.07) is 15.3. The van der Waals surface area contributed by atoms with Crippen LogP contribution < -0.4 is 15.4 Å². The zero-order valence-electron chi connectivity index (χ0n) is 15.1. The highest BCUT2D eigenvalue weighted by atomic mass is 35.5. The Morgan fingerprint density at radius 3 is 2.86 bits per heavy atom. The first-order valence-corrected chi connectivity index (χ1v) is 9.03. The van der Waals surface area contributed by atoms with Crippen molar-refractivity contribution < 1.29 is 9.53 Å². The lowest BCUT2D eigenvalue weighted by Gasteiger charge is -2.10. The molecule has 1 aliphatic rings. The van der Waals surface area contributed by atoms with Crippen LogP contribution in [0.1, 0.15) is 21.6 Å². The Kier molecular flexibility index (Phi) is 4.95. The molecule has 6 nitrogen and oxygen atoms in total. The molecule has 2 aromatic carbocycles. The molecule has 1 aliphatic carbocycles. The second-order valence-electron chi connectivity index (χ2n) is 6.25. The number of carbonyl (C=O) groups excluding carboxylic acids is 1. The summed E-state index contributed by atoms with van der Waals surface area (Å²) in [5.41, 5.74) is 3.93. The van der Waals surface area contributed by atoms with Crippen LogP contribution in [0.2, 0.25) is 5.02 Å². The second-order valence-corrected chi connectivity index (χ2v) is 6.65. The lowest BCUT2D eigenvalue weighted by molar-refractivity contribution is 0.0961. The van der Waals surface area contributed by atoms with Gasteiger partial charge in [0.1, 0.15) is 5.75 Å². The van der Waals surface area contributed by atoms with Gasteiger partial charge in [0.15, 0.2) is 5.69 Å². The van der Waals surface area contributed by atoms with E-state index in [1.165, 1.54) is 11.8 Å². The topological polar surface area (TPSA) is 76.1 Å². The fraction of sp³-hybridized carbons (Fsp3) is 0.0952. The van der Waals surface area contributed by atoms with Crippen LogP contribution in [0.15, 0.2) is 60.4 Å². The van der Waals surface area contributed by atoms with Gasteiger partial charge >= 0.3 is 0 Å². The molecule has 0 saturated carbocycles. The molecule has 0 fully saturated rings. The van der Waals surface area contributed by atoms with Gasteiger partial charge < -0.3 is 15.4 Å². The molecule has 1 heterocycles. The van der Waals surface area contributed by atoms with Crippen molar-refractivity contribution in [2.24, 2.45) is 0 Å². The number of nitrogens with zero attached hydrogens (tertiary/aromatic N) is 2. The lowest BCUT2D eigenvalue weighted by Crippen LogP contribution is -2.24. The van der Waals surface area contributed by atoms with Gasteiger partial charge in [0.2, 0.25) is 5.95 Å². The van der Waals surface area contributed by atoms with Crippen LogP contribution in [-0.4, -0.2) is 23.0 Å².